The lowest BCUT2D eigenvalue weighted by molar-refractivity contribution is 0.776. The predicted molar refractivity (Wildman–Crippen MR) is 52.6 cm³/mol. The van der Waals surface area contributed by atoms with Crippen LogP contribution < -0.4 is 0 Å². The molecular weight excluding hydrogens is 174 g/mol. The van der Waals surface area contributed by atoms with Gasteiger partial charge in [-0.05, 0) is 18.8 Å². The average molecular weight is 187 g/mol. The minimum atomic E-state index is -0.303. The van der Waals surface area contributed by atoms with Crippen LogP contribution in [0.25, 0.3) is 0 Å². The van der Waals surface area contributed by atoms with Gasteiger partial charge < -0.3 is 0 Å². The first-order valence-corrected chi connectivity index (χ1v) is 4.92. The van der Waals surface area contributed by atoms with Gasteiger partial charge in [0.05, 0.1) is 23.7 Å². The van der Waals surface area contributed by atoms with E-state index in [9.17, 15) is 0 Å². The molecule has 0 aliphatic heterocycles. The van der Waals surface area contributed by atoms with Gasteiger partial charge in [-0.3, -0.25) is 9.97 Å². The first-order valence-electron chi connectivity index (χ1n) is 4.92. The van der Waals surface area contributed by atoms with Crippen molar-refractivity contribution in [2.45, 2.75) is 38.0 Å². The Morgan fingerprint density at radius 2 is 2.07 bits per heavy atom. The predicted octanol–water partition coefficient (Wildman–Crippen LogP) is 2.16. The molecule has 3 heteroatoms. The van der Waals surface area contributed by atoms with E-state index in [4.69, 9.17) is 5.26 Å². The number of rotatable bonds is 2. The molecule has 0 amide bonds. The molecule has 14 heavy (non-hydrogen) atoms. The third kappa shape index (κ3) is 1.37. The highest BCUT2D eigenvalue weighted by molar-refractivity contribution is 5.32. The van der Waals surface area contributed by atoms with Crippen LogP contribution in [-0.2, 0) is 5.41 Å². The van der Waals surface area contributed by atoms with Crippen LogP contribution in [0.2, 0.25) is 0 Å². The van der Waals surface area contributed by atoms with Gasteiger partial charge in [-0.25, -0.2) is 0 Å². The Hall–Kier alpha value is -1.43. The number of hydrogen-bond acceptors (Lipinski definition) is 3. The first kappa shape index (κ1) is 9.14. The van der Waals surface area contributed by atoms with E-state index < -0.39 is 0 Å². The van der Waals surface area contributed by atoms with Crippen molar-refractivity contribution >= 4 is 0 Å². The van der Waals surface area contributed by atoms with Gasteiger partial charge in [0.2, 0.25) is 0 Å². The minimum absolute atomic E-state index is 0.303. The molecular formula is C11H13N3. The molecule has 0 N–H and O–H groups in total. The van der Waals surface area contributed by atoms with E-state index >= 15 is 0 Å². The highest BCUT2D eigenvalue weighted by Gasteiger charge is 2.46. The summed E-state index contributed by atoms with van der Waals surface area (Å²) >= 11 is 0. The van der Waals surface area contributed by atoms with Gasteiger partial charge in [0.1, 0.15) is 5.41 Å². The Balaban J connectivity index is 2.28. The maximum atomic E-state index is 8.97. The smallest absolute Gasteiger partial charge is 0.101 e. The van der Waals surface area contributed by atoms with Crippen molar-refractivity contribution in [1.29, 1.82) is 5.26 Å². The van der Waals surface area contributed by atoms with Gasteiger partial charge in [-0.2, -0.15) is 5.26 Å². The molecule has 0 unspecified atom stereocenters. The monoisotopic (exact) mass is 187 g/mol. The fraction of sp³-hybridized carbons (Fsp3) is 0.545. The lowest BCUT2D eigenvalue weighted by atomic mass is 10.1. The Morgan fingerprint density at radius 1 is 1.36 bits per heavy atom. The number of aromatic nitrogens is 2. The van der Waals surface area contributed by atoms with Crippen LogP contribution >= 0.6 is 0 Å². The fourth-order valence-electron chi connectivity index (χ4n) is 1.43. The zero-order chi connectivity index (χ0) is 10.2. The lowest BCUT2D eigenvalue weighted by Gasteiger charge is -2.07. The molecule has 0 atom stereocenters. The van der Waals surface area contributed by atoms with Crippen molar-refractivity contribution in [3.05, 3.63) is 23.8 Å². The van der Waals surface area contributed by atoms with Crippen LogP contribution in [0, 0.1) is 11.3 Å². The summed E-state index contributed by atoms with van der Waals surface area (Å²) < 4.78 is 0. The standard InChI is InChI=1S/C11H13N3/c1-8(2)9-5-14-10(6-13-9)11(7-12)3-4-11/h5-6,8H,3-4H2,1-2H3. The van der Waals surface area contributed by atoms with Crippen molar-refractivity contribution in [1.82, 2.24) is 9.97 Å². The van der Waals surface area contributed by atoms with Gasteiger partial charge in [0, 0.05) is 6.20 Å². The van der Waals surface area contributed by atoms with Crippen molar-refractivity contribution in [3.8, 4) is 6.07 Å². The number of nitriles is 1. The second-order valence-corrected chi connectivity index (χ2v) is 4.18. The second kappa shape index (κ2) is 3.06. The Labute approximate surface area is 83.8 Å². The zero-order valence-corrected chi connectivity index (χ0v) is 8.49. The third-order valence-corrected chi connectivity index (χ3v) is 2.72. The molecule has 2 rings (SSSR count). The van der Waals surface area contributed by atoms with Crippen molar-refractivity contribution < 1.29 is 0 Å². The van der Waals surface area contributed by atoms with Gasteiger partial charge in [0.25, 0.3) is 0 Å². The average Bonchev–Trinajstić information content (AvgIpc) is 2.99. The lowest BCUT2D eigenvalue weighted by Crippen LogP contribution is -2.07. The SMILES string of the molecule is CC(C)c1cnc(C2(C#N)CC2)cn1. The maximum absolute atomic E-state index is 8.97. The molecule has 72 valence electrons. The molecule has 0 aromatic carbocycles. The van der Waals surface area contributed by atoms with E-state index in [1.807, 2.05) is 0 Å². The molecule has 0 spiro atoms. The molecule has 1 heterocycles. The Morgan fingerprint density at radius 3 is 2.43 bits per heavy atom. The van der Waals surface area contributed by atoms with Crippen LogP contribution in [0.5, 0.6) is 0 Å². The molecule has 1 saturated carbocycles. The van der Waals surface area contributed by atoms with Crippen LogP contribution in [0.15, 0.2) is 12.4 Å². The van der Waals surface area contributed by atoms with Gasteiger partial charge in [-0.15, -0.1) is 0 Å². The minimum Gasteiger partial charge on any atom is -0.257 e. The van der Waals surface area contributed by atoms with Crippen molar-refractivity contribution in [3.63, 3.8) is 0 Å². The summed E-state index contributed by atoms with van der Waals surface area (Å²) in [5.74, 6) is 0.397. The molecule has 0 radical (unpaired) electrons. The van der Waals surface area contributed by atoms with E-state index in [1.54, 1.807) is 12.4 Å². The van der Waals surface area contributed by atoms with Crippen LogP contribution in [0.4, 0.5) is 0 Å². The molecule has 0 saturated heterocycles. The van der Waals surface area contributed by atoms with E-state index in [2.05, 4.69) is 29.9 Å². The quantitative estimate of drug-likeness (QED) is 0.712. The Bertz CT molecular complexity index is 369. The number of hydrogen-bond donors (Lipinski definition) is 0. The molecule has 1 aromatic rings. The summed E-state index contributed by atoms with van der Waals surface area (Å²) in [7, 11) is 0. The normalized spacial score (nSPS) is 17.9. The largest absolute Gasteiger partial charge is 0.257 e. The van der Waals surface area contributed by atoms with Gasteiger partial charge in [0.15, 0.2) is 0 Å². The summed E-state index contributed by atoms with van der Waals surface area (Å²) in [5, 5.41) is 8.97. The van der Waals surface area contributed by atoms with Crippen LogP contribution in [0.3, 0.4) is 0 Å². The summed E-state index contributed by atoms with van der Waals surface area (Å²) in [6.45, 7) is 4.17. The molecule has 1 fully saturated rings. The topological polar surface area (TPSA) is 49.6 Å². The summed E-state index contributed by atoms with van der Waals surface area (Å²) in [6.07, 6.45) is 5.40. The molecule has 1 aromatic heterocycles. The first-order chi connectivity index (χ1) is 6.68. The van der Waals surface area contributed by atoms with Crippen LogP contribution in [-0.4, -0.2) is 9.97 Å². The van der Waals surface area contributed by atoms with E-state index in [1.165, 1.54) is 0 Å². The second-order valence-electron chi connectivity index (χ2n) is 4.18. The Kier molecular flexibility index (Phi) is 1.99. The van der Waals surface area contributed by atoms with Crippen LogP contribution in [0.1, 0.15) is 44.0 Å². The van der Waals surface area contributed by atoms with Gasteiger partial charge >= 0.3 is 0 Å². The maximum Gasteiger partial charge on any atom is 0.101 e. The summed E-state index contributed by atoms with van der Waals surface area (Å²) in [5.41, 5.74) is 1.52. The van der Waals surface area contributed by atoms with Crippen molar-refractivity contribution in [2.24, 2.45) is 0 Å². The molecule has 3 nitrogen and oxygen atoms in total. The fourth-order valence-corrected chi connectivity index (χ4v) is 1.43. The molecule has 0 bridgehead atoms. The zero-order valence-electron chi connectivity index (χ0n) is 8.49. The number of nitrogens with zero attached hydrogens (tertiary/aromatic N) is 3. The summed E-state index contributed by atoms with van der Waals surface area (Å²) in [4.78, 5) is 8.64. The summed E-state index contributed by atoms with van der Waals surface area (Å²) in [6, 6.07) is 2.31. The molecule has 1 aliphatic carbocycles. The highest BCUT2D eigenvalue weighted by Crippen LogP contribution is 2.46. The van der Waals surface area contributed by atoms with Crippen molar-refractivity contribution in [2.75, 3.05) is 0 Å². The van der Waals surface area contributed by atoms with E-state index in [-0.39, 0.29) is 5.41 Å². The highest BCUT2D eigenvalue weighted by atomic mass is 14.8. The van der Waals surface area contributed by atoms with E-state index in [0.717, 1.165) is 24.2 Å². The van der Waals surface area contributed by atoms with E-state index in [0.29, 0.717) is 5.92 Å². The third-order valence-electron chi connectivity index (χ3n) is 2.72. The van der Waals surface area contributed by atoms with Gasteiger partial charge in [-0.1, -0.05) is 13.8 Å². The molecule has 1 aliphatic rings.